The molecule has 0 spiro atoms. The van der Waals surface area contributed by atoms with Crippen LogP contribution in [-0.4, -0.2) is 56.5 Å². The molecule has 0 atom stereocenters. The summed E-state index contributed by atoms with van der Waals surface area (Å²) in [5.74, 6) is 0.676. The molecule has 146 valence electrons. The lowest BCUT2D eigenvalue weighted by Crippen LogP contribution is -2.46. The van der Waals surface area contributed by atoms with Gasteiger partial charge in [-0.05, 0) is 31.4 Å². The number of carbonyl (C=O) groups excluding carboxylic acids is 1. The summed E-state index contributed by atoms with van der Waals surface area (Å²) in [5, 5.41) is 0.672. The summed E-state index contributed by atoms with van der Waals surface area (Å²) in [6.45, 7) is 3.58. The van der Waals surface area contributed by atoms with Gasteiger partial charge in [0.05, 0.1) is 5.56 Å². The molecule has 4 rings (SSSR count). The SMILES string of the molecule is Cc1cnc(N2CCC(N(C)C(=O)c3cn(C)c(=O)c4[nH]ccc34)CC2)nc1. The largest absolute Gasteiger partial charge is 0.357 e. The van der Waals surface area contributed by atoms with E-state index in [4.69, 9.17) is 0 Å². The Labute approximate surface area is 162 Å². The van der Waals surface area contributed by atoms with Crippen LogP contribution in [0.5, 0.6) is 0 Å². The van der Waals surface area contributed by atoms with E-state index in [1.807, 2.05) is 26.4 Å². The van der Waals surface area contributed by atoms with Gasteiger partial charge < -0.3 is 19.4 Å². The standard InChI is InChI=1S/C20H24N6O2/c1-13-10-22-20(23-11-13)26-8-5-14(6-9-26)25(3)18(27)16-12-24(2)19(28)17-15(16)4-7-21-17/h4,7,10-12,14,21H,5-6,8-9H2,1-3H3. The number of nitrogens with one attached hydrogen (secondary N) is 1. The van der Waals surface area contributed by atoms with Crippen molar-refractivity contribution < 1.29 is 4.79 Å². The number of carbonyl (C=O) groups is 1. The van der Waals surface area contributed by atoms with E-state index in [0.717, 1.165) is 37.4 Å². The number of nitrogens with zero attached hydrogens (tertiary/aromatic N) is 5. The van der Waals surface area contributed by atoms with E-state index in [9.17, 15) is 9.59 Å². The number of fused-ring (bicyclic) bond motifs is 1. The molecule has 0 aliphatic carbocycles. The Kier molecular flexibility index (Phi) is 4.62. The third-order valence-electron chi connectivity index (χ3n) is 5.51. The van der Waals surface area contributed by atoms with Crippen LogP contribution in [0.4, 0.5) is 5.95 Å². The minimum absolute atomic E-state index is 0.0646. The van der Waals surface area contributed by atoms with E-state index in [0.29, 0.717) is 16.5 Å². The van der Waals surface area contributed by atoms with Crippen molar-refractivity contribution in [3.05, 3.63) is 52.3 Å². The average Bonchev–Trinajstić information content (AvgIpc) is 3.20. The van der Waals surface area contributed by atoms with Crippen molar-refractivity contribution in [2.45, 2.75) is 25.8 Å². The van der Waals surface area contributed by atoms with Gasteiger partial charge in [0.2, 0.25) is 5.95 Å². The summed E-state index contributed by atoms with van der Waals surface area (Å²) in [7, 11) is 3.51. The van der Waals surface area contributed by atoms with Gasteiger partial charge in [0.1, 0.15) is 5.52 Å². The van der Waals surface area contributed by atoms with Crippen LogP contribution in [0.1, 0.15) is 28.8 Å². The minimum Gasteiger partial charge on any atom is -0.357 e. The quantitative estimate of drug-likeness (QED) is 0.747. The smallest absolute Gasteiger partial charge is 0.274 e. The molecule has 3 aromatic heterocycles. The van der Waals surface area contributed by atoms with E-state index < -0.39 is 0 Å². The number of hydrogen-bond donors (Lipinski definition) is 1. The summed E-state index contributed by atoms with van der Waals surface area (Å²) in [6.07, 6.45) is 8.68. The molecule has 8 heteroatoms. The minimum atomic E-state index is -0.134. The molecule has 0 radical (unpaired) electrons. The zero-order valence-corrected chi connectivity index (χ0v) is 16.3. The lowest BCUT2D eigenvalue weighted by molar-refractivity contribution is 0.0710. The number of H-pyrrole nitrogens is 1. The lowest BCUT2D eigenvalue weighted by atomic mass is 10.0. The van der Waals surface area contributed by atoms with Crippen molar-refractivity contribution >= 4 is 22.8 Å². The molecule has 28 heavy (non-hydrogen) atoms. The molecule has 0 unspecified atom stereocenters. The number of aromatic nitrogens is 4. The predicted molar refractivity (Wildman–Crippen MR) is 108 cm³/mol. The van der Waals surface area contributed by atoms with Crippen molar-refractivity contribution in [2.24, 2.45) is 7.05 Å². The number of aryl methyl sites for hydroxylation is 2. The van der Waals surface area contributed by atoms with Gasteiger partial charge in [0.25, 0.3) is 11.5 Å². The number of pyridine rings is 1. The van der Waals surface area contributed by atoms with Crippen LogP contribution in [0.3, 0.4) is 0 Å². The third kappa shape index (κ3) is 3.15. The second-order valence-corrected chi connectivity index (χ2v) is 7.42. The number of anilines is 1. The summed E-state index contributed by atoms with van der Waals surface area (Å²) in [6, 6.07) is 1.93. The molecule has 3 aromatic rings. The number of amides is 1. The van der Waals surface area contributed by atoms with Gasteiger partial charge in [0, 0.05) is 63.4 Å². The van der Waals surface area contributed by atoms with Gasteiger partial charge in [-0.25, -0.2) is 9.97 Å². The van der Waals surface area contributed by atoms with Crippen LogP contribution in [-0.2, 0) is 7.05 Å². The van der Waals surface area contributed by atoms with E-state index in [1.165, 1.54) is 4.57 Å². The summed E-state index contributed by atoms with van der Waals surface area (Å²) in [5.41, 5.74) is 1.92. The second-order valence-electron chi connectivity index (χ2n) is 7.42. The lowest BCUT2D eigenvalue weighted by Gasteiger charge is -2.36. The van der Waals surface area contributed by atoms with Gasteiger partial charge in [-0.3, -0.25) is 9.59 Å². The topological polar surface area (TPSA) is 87.1 Å². The normalized spacial score (nSPS) is 15.2. The molecule has 8 nitrogen and oxygen atoms in total. The van der Waals surface area contributed by atoms with Crippen LogP contribution in [0.2, 0.25) is 0 Å². The van der Waals surface area contributed by atoms with Crippen molar-refractivity contribution in [1.29, 1.82) is 0 Å². The summed E-state index contributed by atoms with van der Waals surface area (Å²) in [4.78, 5) is 41.1. The molecule has 1 amide bonds. The first-order valence-corrected chi connectivity index (χ1v) is 9.43. The second kappa shape index (κ2) is 7.10. The zero-order valence-electron chi connectivity index (χ0n) is 16.3. The molecule has 1 fully saturated rings. The van der Waals surface area contributed by atoms with Crippen LogP contribution >= 0.6 is 0 Å². The molecule has 0 bridgehead atoms. The van der Waals surface area contributed by atoms with E-state index in [-0.39, 0.29) is 17.5 Å². The Bertz CT molecular complexity index is 1060. The van der Waals surface area contributed by atoms with Gasteiger partial charge in [-0.1, -0.05) is 0 Å². The number of hydrogen-bond acceptors (Lipinski definition) is 5. The molecule has 4 heterocycles. The van der Waals surface area contributed by atoms with Crippen molar-refractivity contribution in [1.82, 2.24) is 24.4 Å². The monoisotopic (exact) mass is 380 g/mol. The average molecular weight is 380 g/mol. The van der Waals surface area contributed by atoms with Crippen LogP contribution < -0.4 is 10.5 Å². The summed E-state index contributed by atoms with van der Waals surface area (Å²) >= 11 is 0. The van der Waals surface area contributed by atoms with Crippen LogP contribution in [0.25, 0.3) is 10.9 Å². The maximum Gasteiger partial charge on any atom is 0.274 e. The molecular formula is C20H24N6O2. The first-order chi connectivity index (χ1) is 13.5. The van der Waals surface area contributed by atoms with Gasteiger partial charge in [-0.15, -0.1) is 0 Å². The molecule has 1 saturated heterocycles. The molecule has 0 aromatic carbocycles. The molecule has 0 saturated carbocycles. The van der Waals surface area contributed by atoms with E-state index in [2.05, 4.69) is 19.9 Å². The maximum atomic E-state index is 13.2. The van der Waals surface area contributed by atoms with Crippen molar-refractivity contribution in [3.8, 4) is 0 Å². The first-order valence-electron chi connectivity index (χ1n) is 9.43. The van der Waals surface area contributed by atoms with Crippen molar-refractivity contribution in [3.63, 3.8) is 0 Å². The highest BCUT2D eigenvalue weighted by atomic mass is 16.2. The Hall–Kier alpha value is -3.16. The highest BCUT2D eigenvalue weighted by Crippen LogP contribution is 2.22. The fraction of sp³-hybridized carbons (Fsp3) is 0.400. The zero-order chi connectivity index (χ0) is 19.8. The highest BCUT2D eigenvalue weighted by Gasteiger charge is 2.28. The number of piperidine rings is 1. The Morgan fingerprint density at radius 3 is 2.61 bits per heavy atom. The van der Waals surface area contributed by atoms with Gasteiger partial charge in [0.15, 0.2) is 0 Å². The predicted octanol–water partition coefficient (Wildman–Crippen LogP) is 1.71. The maximum absolute atomic E-state index is 13.2. The number of rotatable bonds is 3. The van der Waals surface area contributed by atoms with E-state index in [1.54, 1.807) is 30.4 Å². The number of aromatic amines is 1. The third-order valence-corrected chi connectivity index (χ3v) is 5.51. The van der Waals surface area contributed by atoms with Crippen LogP contribution in [0, 0.1) is 6.92 Å². The molecule has 1 N–H and O–H groups in total. The first kappa shape index (κ1) is 18.2. The van der Waals surface area contributed by atoms with E-state index >= 15 is 0 Å². The fourth-order valence-corrected chi connectivity index (χ4v) is 3.80. The Balaban J connectivity index is 1.50. The fourth-order valence-electron chi connectivity index (χ4n) is 3.80. The Morgan fingerprint density at radius 2 is 1.93 bits per heavy atom. The molecule has 1 aliphatic rings. The van der Waals surface area contributed by atoms with Crippen LogP contribution in [0.15, 0.2) is 35.6 Å². The van der Waals surface area contributed by atoms with Gasteiger partial charge >= 0.3 is 0 Å². The summed E-state index contributed by atoms with van der Waals surface area (Å²) < 4.78 is 1.46. The van der Waals surface area contributed by atoms with Gasteiger partial charge in [-0.2, -0.15) is 0 Å². The van der Waals surface area contributed by atoms with Crippen molar-refractivity contribution in [2.75, 3.05) is 25.0 Å². The highest BCUT2D eigenvalue weighted by molar-refractivity contribution is 6.05. The molecular weight excluding hydrogens is 356 g/mol. The molecule has 1 aliphatic heterocycles. The Morgan fingerprint density at radius 1 is 1.25 bits per heavy atom.